The zero-order valence-electron chi connectivity index (χ0n) is 19.4. The normalized spacial score (nSPS) is 17.2. The van der Waals surface area contributed by atoms with Crippen LogP contribution in [0.1, 0.15) is 43.3 Å². The molecule has 0 spiro atoms. The van der Waals surface area contributed by atoms with E-state index in [9.17, 15) is 18.9 Å². The van der Waals surface area contributed by atoms with Gasteiger partial charge in [-0.1, -0.05) is 5.10 Å². The van der Waals surface area contributed by atoms with Crippen molar-refractivity contribution >= 4 is 35.0 Å². The standard InChI is InChI=1S/C24H24FN5O6/c1-2-34-23(32)14-3-9-17(10-4-14)35-18-11-12-19(20(13-18)30-33)27-21(31)22-28-29-24(36-22)26-16-7-5-15(25)6-8-16/h5-8,11-14,17H,2-4,9-10H2,1H3,(H,26,29)(H,27,31). The molecule has 1 fully saturated rings. The number of nitrogens with one attached hydrogen (secondary N) is 2. The summed E-state index contributed by atoms with van der Waals surface area (Å²) in [7, 11) is 0. The van der Waals surface area contributed by atoms with Crippen molar-refractivity contribution in [1.29, 1.82) is 0 Å². The number of ether oxygens (including phenoxy) is 2. The first-order valence-electron chi connectivity index (χ1n) is 11.4. The van der Waals surface area contributed by atoms with Gasteiger partial charge in [0.2, 0.25) is 0 Å². The zero-order chi connectivity index (χ0) is 25.5. The molecule has 1 aliphatic rings. The summed E-state index contributed by atoms with van der Waals surface area (Å²) in [5.74, 6) is -1.37. The van der Waals surface area contributed by atoms with Crippen LogP contribution >= 0.6 is 0 Å². The molecule has 1 heterocycles. The van der Waals surface area contributed by atoms with Crippen LogP contribution in [-0.2, 0) is 9.53 Å². The molecule has 12 heteroatoms. The average Bonchev–Trinajstić information content (AvgIpc) is 3.35. The van der Waals surface area contributed by atoms with Crippen molar-refractivity contribution in [2.45, 2.75) is 38.7 Å². The van der Waals surface area contributed by atoms with E-state index in [0.717, 1.165) is 0 Å². The van der Waals surface area contributed by atoms with Crippen molar-refractivity contribution in [3.8, 4) is 5.75 Å². The van der Waals surface area contributed by atoms with E-state index < -0.39 is 11.7 Å². The van der Waals surface area contributed by atoms with Crippen LogP contribution in [0.15, 0.2) is 52.1 Å². The summed E-state index contributed by atoms with van der Waals surface area (Å²) < 4.78 is 29.4. The van der Waals surface area contributed by atoms with Gasteiger partial charge in [0.1, 0.15) is 17.3 Å². The van der Waals surface area contributed by atoms with E-state index >= 15 is 0 Å². The lowest BCUT2D eigenvalue weighted by molar-refractivity contribution is -0.149. The topological polar surface area (TPSA) is 145 Å². The molecule has 0 bridgehead atoms. The van der Waals surface area contributed by atoms with Crippen molar-refractivity contribution in [2.24, 2.45) is 11.1 Å². The number of benzene rings is 2. The first-order chi connectivity index (χ1) is 17.4. The third kappa shape index (κ3) is 6.20. The number of rotatable bonds is 9. The number of halogens is 1. The molecule has 2 aromatic carbocycles. The molecule has 3 aromatic rings. The van der Waals surface area contributed by atoms with Crippen molar-refractivity contribution < 1.29 is 27.9 Å². The molecule has 1 aromatic heterocycles. The van der Waals surface area contributed by atoms with Gasteiger partial charge in [-0.05, 0) is 74.2 Å². The summed E-state index contributed by atoms with van der Waals surface area (Å²) in [5, 5.41) is 15.6. The number of aromatic nitrogens is 2. The second kappa shape index (κ2) is 11.4. The van der Waals surface area contributed by atoms with Gasteiger partial charge in [0.05, 0.1) is 24.3 Å². The van der Waals surface area contributed by atoms with Crippen LogP contribution < -0.4 is 15.4 Å². The third-order valence-electron chi connectivity index (χ3n) is 5.63. The molecule has 0 aliphatic heterocycles. The number of esters is 1. The number of nitroso groups, excluding NO2 is 1. The molecule has 1 aliphatic carbocycles. The van der Waals surface area contributed by atoms with E-state index in [1.165, 1.54) is 36.4 Å². The van der Waals surface area contributed by atoms with Crippen LogP contribution in [-0.4, -0.2) is 34.8 Å². The van der Waals surface area contributed by atoms with Gasteiger partial charge in [-0.2, -0.15) is 0 Å². The maximum atomic E-state index is 13.0. The number of hydrogen-bond donors (Lipinski definition) is 2. The third-order valence-corrected chi connectivity index (χ3v) is 5.63. The summed E-state index contributed by atoms with van der Waals surface area (Å²) in [6.45, 7) is 2.14. The van der Waals surface area contributed by atoms with Crippen molar-refractivity contribution in [3.05, 3.63) is 59.1 Å². The van der Waals surface area contributed by atoms with Crippen LogP contribution in [0.2, 0.25) is 0 Å². The lowest BCUT2D eigenvalue weighted by atomic mass is 9.87. The Morgan fingerprint density at radius 1 is 1.11 bits per heavy atom. The predicted octanol–water partition coefficient (Wildman–Crippen LogP) is 5.10. The summed E-state index contributed by atoms with van der Waals surface area (Å²) >= 11 is 0. The van der Waals surface area contributed by atoms with E-state index in [1.807, 2.05) is 0 Å². The van der Waals surface area contributed by atoms with Crippen LogP contribution in [0, 0.1) is 16.6 Å². The fraction of sp³-hybridized carbons (Fsp3) is 0.333. The van der Waals surface area contributed by atoms with E-state index in [4.69, 9.17) is 13.9 Å². The minimum absolute atomic E-state index is 0.0368. The van der Waals surface area contributed by atoms with Gasteiger partial charge in [-0.3, -0.25) is 9.59 Å². The summed E-state index contributed by atoms with van der Waals surface area (Å²) in [5.41, 5.74) is 0.592. The number of nitrogens with zero attached hydrogens (tertiary/aromatic N) is 3. The number of carbonyl (C=O) groups is 2. The average molecular weight is 497 g/mol. The number of amides is 1. The first kappa shape index (κ1) is 24.8. The lowest BCUT2D eigenvalue weighted by Crippen LogP contribution is -2.29. The Hall–Kier alpha value is -4.35. The van der Waals surface area contributed by atoms with Gasteiger partial charge in [0.25, 0.3) is 0 Å². The van der Waals surface area contributed by atoms with E-state index in [0.29, 0.717) is 43.7 Å². The minimum atomic E-state index is -0.745. The van der Waals surface area contributed by atoms with E-state index in [1.54, 1.807) is 13.0 Å². The Morgan fingerprint density at radius 3 is 2.56 bits per heavy atom. The highest BCUT2D eigenvalue weighted by molar-refractivity contribution is 6.02. The van der Waals surface area contributed by atoms with Gasteiger partial charge in [-0.25, -0.2) is 4.39 Å². The fourth-order valence-corrected chi connectivity index (χ4v) is 3.83. The molecule has 188 valence electrons. The monoisotopic (exact) mass is 497 g/mol. The minimum Gasteiger partial charge on any atom is -0.490 e. The Balaban J connectivity index is 1.34. The SMILES string of the molecule is CCOC(=O)C1CCC(Oc2ccc(NC(=O)c3nnc(Nc4ccc(F)cc4)o3)c(N=O)c2)CC1. The molecule has 4 rings (SSSR count). The van der Waals surface area contributed by atoms with Gasteiger partial charge >= 0.3 is 23.8 Å². The van der Waals surface area contributed by atoms with Crippen LogP contribution in [0.4, 0.5) is 27.5 Å². The van der Waals surface area contributed by atoms with Gasteiger partial charge < -0.3 is 24.5 Å². The summed E-state index contributed by atoms with van der Waals surface area (Å²) in [6.07, 6.45) is 2.58. The highest BCUT2D eigenvalue weighted by Gasteiger charge is 2.28. The maximum absolute atomic E-state index is 13.0. The Morgan fingerprint density at radius 2 is 1.86 bits per heavy atom. The maximum Gasteiger partial charge on any atom is 0.320 e. The smallest absolute Gasteiger partial charge is 0.320 e. The first-order valence-corrected chi connectivity index (χ1v) is 11.4. The molecule has 1 saturated carbocycles. The van der Waals surface area contributed by atoms with Crippen molar-refractivity contribution in [2.75, 3.05) is 17.2 Å². The highest BCUT2D eigenvalue weighted by atomic mass is 19.1. The molecule has 0 radical (unpaired) electrons. The molecule has 2 N–H and O–H groups in total. The molecular formula is C24H24FN5O6. The van der Waals surface area contributed by atoms with Crippen LogP contribution in [0.25, 0.3) is 0 Å². The molecule has 0 atom stereocenters. The number of hydrogen-bond acceptors (Lipinski definition) is 10. The van der Waals surface area contributed by atoms with Crippen molar-refractivity contribution in [1.82, 2.24) is 10.2 Å². The van der Waals surface area contributed by atoms with Gasteiger partial charge in [0.15, 0.2) is 0 Å². The second-order valence-electron chi connectivity index (χ2n) is 8.11. The fourth-order valence-electron chi connectivity index (χ4n) is 3.83. The van der Waals surface area contributed by atoms with Crippen LogP contribution in [0.3, 0.4) is 0 Å². The molecule has 0 unspecified atom stereocenters. The van der Waals surface area contributed by atoms with Gasteiger partial charge in [0, 0.05) is 11.8 Å². The molecule has 0 saturated heterocycles. The lowest BCUT2D eigenvalue weighted by Gasteiger charge is -2.27. The summed E-state index contributed by atoms with van der Waals surface area (Å²) in [4.78, 5) is 35.8. The molecular weight excluding hydrogens is 473 g/mol. The van der Waals surface area contributed by atoms with E-state index in [-0.39, 0.29) is 41.3 Å². The number of carbonyl (C=O) groups excluding carboxylic acids is 2. The van der Waals surface area contributed by atoms with E-state index in [2.05, 4.69) is 26.0 Å². The Kier molecular flexibility index (Phi) is 7.83. The molecule has 36 heavy (non-hydrogen) atoms. The predicted molar refractivity (Wildman–Crippen MR) is 127 cm³/mol. The Labute approximate surface area is 205 Å². The second-order valence-corrected chi connectivity index (χ2v) is 8.11. The van der Waals surface area contributed by atoms with Gasteiger partial charge in [-0.15, -0.1) is 10.0 Å². The largest absolute Gasteiger partial charge is 0.490 e. The molecule has 1 amide bonds. The Bertz CT molecular complexity index is 1220. The quantitative estimate of drug-likeness (QED) is 0.304. The van der Waals surface area contributed by atoms with Crippen molar-refractivity contribution in [3.63, 3.8) is 0 Å². The highest BCUT2D eigenvalue weighted by Crippen LogP contribution is 2.33. The number of anilines is 3. The molecule has 11 nitrogen and oxygen atoms in total. The zero-order valence-corrected chi connectivity index (χ0v) is 19.4. The summed E-state index contributed by atoms with van der Waals surface area (Å²) in [6, 6.07) is 9.90. The van der Waals surface area contributed by atoms with Crippen LogP contribution in [0.5, 0.6) is 5.75 Å².